The van der Waals surface area contributed by atoms with Crippen LogP contribution in [-0.4, -0.2) is 46.4 Å². The summed E-state index contributed by atoms with van der Waals surface area (Å²) in [5.41, 5.74) is 0.532. The van der Waals surface area contributed by atoms with Gasteiger partial charge in [-0.15, -0.1) is 10.2 Å². The van der Waals surface area contributed by atoms with Crippen molar-refractivity contribution < 1.29 is 19.1 Å². The summed E-state index contributed by atoms with van der Waals surface area (Å²) in [5.74, 6) is 0.0567. The van der Waals surface area contributed by atoms with Crippen molar-refractivity contribution in [2.45, 2.75) is 26.8 Å². The zero-order valence-electron chi connectivity index (χ0n) is 14.1. The van der Waals surface area contributed by atoms with Crippen molar-refractivity contribution in [3.05, 3.63) is 18.2 Å². The van der Waals surface area contributed by atoms with E-state index >= 15 is 0 Å². The molecule has 130 valence electrons. The summed E-state index contributed by atoms with van der Waals surface area (Å²) >= 11 is 0. The number of methoxy groups -OCH3 is 1. The maximum absolute atomic E-state index is 12.2. The maximum Gasteiger partial charge on any atom is 0.328 e. The molecule has 2 aromatic heterocycles. The molecule has 0 aliphatic heterocycles. The lowest BCUT2D eigenvalue weighted by molar-refractivity contribution is -0.143. The third-order valence-electron chi connectivity index (χ3n) is 3.32. The largest absolute Gasteiger partial charge is 0.479 e. The highest BCUT2D eigenvalue weighted by Gasteiger charge is 2.25. The first-order chi connectivity index (χ1) is 11.5. The molecule has 0 saturated carbocycles. The first kappa shape index (κ1) is 17.5. The number of amides is 2. The van der Waals surface area contributed by atoms with E-state index in [4.69, 9.17) is 9.47 Å². The molecule has 0 aliphatic carbocycles. The van der Waals surface area contributed by atoms with Gasteiger partial charge in [0.25, 0.3) is 0 Å². The highest BCUT2D eigenvalue weighted by Crippen LogP contribution is 2.18. The van der Waals surface area contributed by atoms with Gasteiger partial charge in [0, 0.05) is 0 Å². The van der Waals surface area contributed by atoms with Crippen LogP contribution in [0.5, 0.6) is 5.88 Å². The second-order valence-electron chi connectivity index (χ2n) is 5.36. The highest BCUT2D eigenvalue weighted by atomic mass is 16.5. The Kier molecular flexibility index (Phi) is 5.56. The summed E-state index contributed by atoms with van der Waals surface area (Å²) < 4.78 is 11.8. The maximum atomic E-state index is 12.2. The number of hydrogen-bond donors (Lipinski definition) is 2. The number of nitrogens with one attached hydrogen (secondary N) is 2. The van der Waals surface area contributed by atoms with Crippen LogP contribution in [-0.2, 0) is 9.53 Å². The second-order valence-corrected chi connectivity index (χ2v) is 5.36. The average molecular weight is 335 g/mol. The Bertz CT molecular complexity index is 728. The van der Waals surface area contributed by atoms with E-state index in [1.165, 1.54) is 7.11 Å². The smallest absolute Gasteiger partial charge is 0.328 e. The molecule has 0 aromatic carbocycles. The number of carbonyl (C=O) groups excluding carboxylic acids is 2. The predicted octanol–water partition coefficient (Wildman–Crippen LogP) is 1.45. The van der Waals surface area contributed by atoms with Crippen LogP contribution in [0.15, 0.2) is 18.2 Å². The average Bonchev–Trinajstić information content (AvgIpc) is 2.96. The normalized spacial score (nSPS) is 12.0. The number of aromatic nitrogens is 3. The van der Waals surface area contributed by atoms with Gasteiger partial charge < -0.3 is 14.8 Å². The van der Waals surface area contributed by atoms with Crippen LogP contribution < -0.4 is 15.4 Å². The van der Waals surface area contributed by atoms with Gasteiger partial charge in [0.1, 0.15) is 6.04 Å². The molecule has 9 heteroatoms. The minimum atomic E-state index is -0.763. The number of carbonyl (C=O) groups is 2. The standard InChI is InChI=1S/C15H21N5O4/c1-5-24-11-8-6-7-10-18-19-14(20(10)11)17-15(22)16-12(9(2)3)13(21)23-4/h6-9,12H,5H2,1-4H3,(H2,16,17,19,22)/t12-/m1/s1. The quantitative estimate of drug-likeness (QED) is 0.774. The minimum absolute atomic E-state index is 0.127. The fraction of sp³-hybridized carbons (Fsp3) is 0.467. The first-order valence-corrected chi connectivity index (χ1v) is 7.60. The lowest BCUT2D eigenvalue weighted by Crippen LogP contribution is -2.46. The van der Waals surface area contributed by atoms with Gasteiger partial charge in [-0.3, -0.25) is 5.32 Å². The highest BCUT2D eigenvalue weighted by molar-refractivity contribution is 5.91. The van der Waals surface area contributed by atoms with Crippen molar-refractivity contribution >= 4 is 23.6 Å². The number of fused-ring (bicyclic) bond motifs is 1. The molecule has 0 spiro atoms. The third-order valence-corrected chi connectivity index (χ3v) is 3.32. The number of esters is 1. The number of anilines is 1. The van der Waals surface area contributed by atoms with Gasteiger partial charge in [-0.2, -0.15) is 0 Å². The van der Waals surface area contributed by atoms with Crippen LogP contribution >= 0.6 is 0 Å². The first-order valence-electron chi connectivity index (χ1n) is 7.60. The van der Waals surface area contributed by atoms with Gasteiger partial charge in [0.15, 0.2) is 5.65 Å². The van der Waals surface area contributed by atoms with E-state index in [0.717, 1.165) is 0 Å². The summed E-state index contributed by atoms with van der Waals surface area (Å²) in [6.45, 7) is 5.93. The molecule has 0 aliphatic rings. The fourth-order valence-corrected chi connectivity index (χ4v) is 2.16. The number of rotatable bonds is 6. The summed E-state index contributed by atoms with van der Waals surface area (Å²) in [5, 5.41) is 13.1. The zero-order valence-corrected chi connectivity index (χ0v) is 14.1. The van der Waals surface area contributed by atoms with Crippen LogP contribution in [0.1, 0.15) is 20.8 Å². The van der Waals surface area contributed by atoms with Crippen LogP contribution in [0, 0.1) is 5.92 Å². The monoisotopic (exact) mass is 335 g/mol. The van der Waals surface area contributed by atoms with Gasteiger partial charge >= 0.3 is 12.0 Å². The topological polar surface area (TPSA) is 107 Å². The Morgan fingerprint density at radius 2 is 2.04 bits per heavy atom. The van der Waals surface area contributed by atoms with Crippen LogP contribution in [0.25, 0.3) is 5.65 Å². The molecule has 0 saturated heterocycles. The molecular weight excluding hydrogens is 314 g/mol. The Morgan fingerprint density at radius 1 is 1.29 bits per heavy atom. The molecule has 0 unspecified atom stereocenters. The third kappa shape index (κ3) is 3.73. The summed E-state index contributed by atoms with van der Waals surface area (Å²) in [6.07, 6.45) is 0. The lowest BCUT2D eigenvalue weighted by Gasteiger charge is -2.19. The van der Waals surface area contributed by atoms with Crippen molar-refractivity contribution in [2.24, 2.45) is 5.92 Å². The molecule has 0 bridgehead atoms. The van der Waals surface area contributed by atoms with E-state index in [0.29, 0.717) is 18.1 Å². The van der Waals surface area contributed by atoms with Gasteiger partial charge in [-0.05, 0) is 25.0 Å². The molecule has 9 nitrogen and oxygen atoms in total. The van der Waals surface area contributed by atoms with Gasteiger partial charge in [-0.25, -0.2) is 14.0 Å². The molecule has 2 heterocycles. The molecule has 2 rings (SSSR count). The van der Waals surface area contributed by atoms with Crippen LogP contribution in [0.3, 0.4) is 0 Å². The number of nitrogens with zero attached hydrogens (tertiary/aromatic N) is 3. The van der Waals surface area contributed by atoms with Gasteiger partial charge in [0.2, 0.25) is 11.8 Å². The Hall–Kier alpha value is -2.84. The summed E-state index contributed by atoms with van der Waals surface area (Å²) in [6, 6.07) is 3.92. The van der Waals surface area contributed by atoms with Crippen molar-refractivity contribution in [3.63, 3.8) is 0 Å². The van der Waals surface area contributed by atoms with Crippen molar-refractivity contribution in [2.75, 3.05) is 19.0 Å². The predicted molar refractivity (Wildman–Crippen MR) is 87.0 cm³/mol. The van der Waals surface area contributed by atoms with E-state index in [9.17, 15) is 9.59 Å². The number of hydrogen-bond acceptors (Lipinski definition) is 6. The van der Waals surface area contributed by atoms with E-state index in [1.807, 2.05) is 20.8 Å². The Morgan fingerprint density at radius 3 is 2.67 bits per heavy atom. The number of pyridine rings is 1. The van der Waals surface area contributed by atoms with Crippen LogP contribution in [0.2, 0.25) is 0 Å². The minimum Gasteiger partial charge on any atom is -0.479 e. The van der Waals surface area contributed by atoms with E-state index in [-0.39, 0.29) is 11.9 Å². The number of ether oxygens (including phenoxy) is 2. The van der Waals surface area contributed by atoms with Crippen molar-refractivity contribution in [1.82, 2.24) is 19.9 Å². The SMILES string of the molecule is CCOc1cccc2nnc(NC(=O)N[C@@H](C(=O)OC)C(C)C)n12. The fourth-order valence-electron chi connectivity index (χ4n) is 2.16. The summed E-state index contributed by atoms with van der Waals surface area (Å²) in [7, 11) is 1.28. The lowest BCUT2D eigenvalue weighted by atomic mass is 10.1. The molecule has 2 amide bonds. The van der Waals surface area contributed by atoms with Crippen molar-refractivity contribution in [3.8, 4) is 5.88 Å². The van der Waals surface area contributed by atoms with E-state index < -0.39 is 18.0 Å². The van der Waals surface area contributed by atoms with Crippen LogP contribution in [0.4, 0.5) is 10.7 Å². The Labute approximate surface area is 139 Å². The molecule has 2 N–H and O–H groups in total. The summed E-state index contributed by atoms with van der Waals surface area (Å²) in [4.78, 5) is 23.9. The van der Waals surface area contributed by atoms with Gasteiger partial charge in [-0.1, -0.05) is 19.9 Å². The molecular formula is C15H21N5O4. The van der Waals surface area contributed by atoms with E-state index in [1.54, 1.807) is 22.6 Å². The molecule has 24 heavy (non-hydrogen) atoms. The molecule has 1 atom stereocenters. The molecule has 0 fully saturated rings. The second kappa shape index (κ2) is 7.62. The molecule has 2 aromatic rings. The zero-order chi connectivity index (χ0) is 17.7. The molecule has 0 radical (unpaired) electrons. The number of urea groups is 1. The van der Waals surface area contributed by atoms with Gasteiger partial charge in [0.05, 0.1) is 13.7 Å². The Balaban J connectivity index is 2.20. The van der Waals surface area contributed by atoms with E-state index in [2.05, 4.69) is 20.8 Å². The van der Waals surface area contributed by atoms with Crippen molar-refractivity contribution in [1.29, 1.82) is 0 Å².